The van der Waals surface area contributed by atoms with E-state index in [0.29, 0.717) is 0 Å². The molecule has 0 radical (unpaired) electrons. The summed E-state index contributed by atoms with van der Waals surface area (Å²) in [5.41, 5.74) is 5.70. The van der Waals surface area contributed by atoms with Crippen LogP contribution in [0.5, 0.6) is 0 Å². The molecule has 0 spiro atoms. The molecule has 84 valence electrons. The van der Waals surface area contributed by atoms with Crippen LogP contribution in [0.25, 0.3) is 0 Å². The predicted molar refractivity (Wildman–Crippen MR) is 61.3 cm³/mol. The third-order valence-electron chi connectivity index (χ3n) is 2.45. The Morgan fingerprint density at radius 2 is 2.25 bits per heavy atom. The maximum atomic E-state index is 5.58. The number of nitrogens with zero attached hydrogens (tertiary/aromatic N) is 3. The Bertz CT molecular complexity index is 477. The van der Waals surface area contributed by atoms with E-state index in [0.717, 1.165) is 17.0 Å². The van der Waals surface area contributed by atoms with Crippen molar-refractivity contribution in [2.24, 2.45) is 12.9 Å². The van der Waals surface area contributed by atoms with E-state index in [1.807, 2.05) is 38.4 Å². The lowest BCUT2D eigenvalue weighted by molar-refractivity contribution is 0.602. The average Bonchev–Trinajstić information content (AvgIpc) is 2.66. The topological polar surface area (TPSA) is 68.8 Å². The average molecular weight is 217 g/mol. The van der Waals surface area contributed by atoms with Crippen LogP contribution < -0.4 is 11.3 Å². The van der Waals surface area contributed by atoms with Crippen molar-refractivity contribution < 1.29 is 0 Å². The van der Waals surface area contributed by atoms with Crippen molar-refractivity contribution in [1.29, 1.82) is 0 Å². The van der Waals surface area contributed by atoms with Crippen molar-refractivity contribution in [3.05, 3.63) is 47.5 Å². The van der Waals surface area contributed by atoms with E-state index in [4.69, 9.17) is 5.84 Å². The monoisotopic (exact) mass is 217 g/mol. The van der Waals surface area contributed by atoms with Crippen LogP contribution in [0.15, 0.2) is 30.6 Å². The molecular formula is C11H15N5. The second-order valence-electron chi connectivity index (χ2n) is 3.74. The summed E-state index contributed by atoms with van der Waals surface area (Å²) in [6.07, 6.45) is 3.67. The molecule has 16 heavy (non-hydrogen) atoms. The van der Waals surface area contributed by atoms with Gasteiger partial charge in [0.15, 0.2) is 0 Å². The molecule has 0 aliphatic heterocycles. The number of nitrogens with two attached hydrogens (primary N) is 1. The Hall–Kier alpha value is -1.72. The fourth-order valence-electron chi connectivity index (χ4n) is 1.69. The number of pyridine rings is 1. The van der Waals surface area contributed by atoms with Gasteiger partial charge in [-0.05, 0) is 30.7 Å². The first-order chi connectivity index (χ1) is 7.70. The van der Waals surface area contributed by atoms with Crippen LogP contribution in [-0.2, 0) is 7.05 Å². The number of aromatic nitrogens is 3. The maximum Gasteiger partial charge on any atom is 0.0901 e. The van der Waals surface area contributed by atoms with E-state index in [9.17, 15) is 0 Å². The molecule has 2 heterocycles. The van der Waals surface area contributed by atoms with E-state index in [1.54, 1.807) is 10.9 Å². The Kier molecular flexibility index (Phi) is 2.98. The predicted octanol–water partition coefficient (Wildman–Crippen LogP) is 0.676. The van der Waals surface area contributed by atoms with Gasteiger partial charge in [-0.15, -0.1) is 0 Å². The standard InChI is InChI=1S/C11H15N5/c1-8-7-9(3-5-13-8)11(14-12)10-4-6-16(2)15-10/h3-7,11,14H,12H2,1-2H3. The van der Waals surface area contributed by atoms with Crippen LogP contribution in [0, 0.1) is 6.92 Å². The first kappa shape index (κ1) is 10.8. The molecule has 1 unspecified atom stereocenters. The zero-order chi connectivity index (χ0) is 11.5. The summed E-state index contributed by atoms with van der Waals surface area (Å²) in [5.74, 6) is 5.58. The van der Waals surface area contributed by atoms with Crippen LogP contribution in [0.1, 0.15) is 23.0 Å². The summed E-state index contributed by atoms with van der Waals surface area (Å²) in [7, 11) is 1.88. The summed E-state index contributed by atoms with van der Waals surface area (Å²) in [4.78, 5) is 4.16. The largest absolute Gasteiger partial charge is 0.275 e. The Labute approximate surface area is 94.3 Å². The number of aryl methyl sites for hydroxylation is 2. The highest BCUT2D eigenvalue weighted by Gasteiger charge is 2.14. The van der Waals surface area contributed by atoms with Gasteiger partial charge in [0, 0.05) is 25.1 Å². The molecule has 0 aromatic carbocycles. The Balaban J connectivity index is 2.36. The number of hydrogen-bond acceptors (Lipinski definition) is 4. The van der Waals surface area contributed by atoms with Crippen molar-refractivity contribution >= 4 is 0 Å². The van der Waals surface area contributed by atoms with Crippen LogP contribution >= 0.6 is 0 Å². The minimum atomic E-state index is -0.0945. The van der Waals surface area contributed by atoms with Crippen LogP contribution in [0.3, 0.4) is 0 Å². The Morgan fingerprint density at radius 1 is 1.44 bits per heavy atom. The van der Waals surface area contributed by atoms with Gasteiger partial charge in [-0.2, -0.15) is 5.10 Å². The summed E-state index contributed by atoms with van der Waals surface area (Å²) in [5, 5.41) is 4.34. The maximum absolute atomic E-state index is 5.58. The lowest BCUT2D eigenvalue weighted by Gasteiger charge is -2.14. The zero-order valence-corrected chi connectivity index (χ0v) is 9.38. The molecule has 0 bridgehead atoms. The van der Waals surface area contributed by atoms with Crippen molar-refractivity contribution in [3.63, 3.8) is 0 Å². The van der Waals surface area contributed by atoms with Crippen molar-refractivity contribution in [2.75, 3.05) is 0 Å². The van der Waals surface area contributed by atoms with E-state index < -0.39 is 0 Å². The normalized spacial score (nSPS) is 12.7. The molecular weight excluding hydrogens is 202 g/mol. The number of hydrazine groups is 1. The van der Waals surface area contributed by atoms with Gasteiger partial charge in [-0.3, -0.25) is 15.5 Å². The van der Waals surface area contributed by atoms with Gasteiger partial charge in [0.1, 0.15) is 0 Å². The minimum absolute atomic E-state index is 0.0945. The third-order valence-corrected chi connectivity index (χ3v) is 2.45. The molecule has 0 saturated heterocycles. The highest BCUT2D eigenvalue weighted by atomic mass is 15.3. The smallest absolute Gasteiger partial charge is 0.0901 e. The summed E-state index contributed by atoms with van der Waals surface area (Å²) in [6, 6.07) is 5.79. The van der Waals surface area contributed by atoms with Gasteiger partial charge >= 0.3 is 0 Å². The lowest BCUT2D eigenvalue weighted by atomic mass is 10.1. The molecule has 5 heteroatoms. The molecule has 0 fully saturated rings. The van der Waals surface area contributed by atoms with Gasteiger partial charge < -0.3 is 0 Å². The highest BCUT2D eigenvalue weighted by molar-refractivity contribution is 5.27. The van der Waals surface area contributed by atoms with E-state index in [-0.39, 0.29) is 6.04 Å². The van der Waals surface area contributed by atoms with Gasteiger partial charge in [0.2, 0.25) is 0 Å². The van der Waals surface area contributed by atoms with Crippen molar-refractivity contribution in [2.45, 2.75) is 13.0 Å². The third kappa shape index (κ3) is 2.10. The van der Waals surface area contributed by atoms with Gasteiger partial charge in [0.25, 0.3) is 0 Å². The van der Waals surface area contributed by atoms with Crippen molar-refractivity contribution in [1.82, 2.24) is 20.2 Å². The van der Waals surface area contributed by atoms with E-state index in [1.165, 1.54) is 0 Å². The lowest BCUT2D eigenvalue weighted by Crippen LogP contribution is -2.29. The van der Waals surface area contributed by atoms with E-state index >= 15 is 0 Å². The second kappa shape index (κ2) is 4.42. The minimum Gasteiger partial charge on any atom is -0.275 e. The van der Waals surface area contributed by atoms with Crippen LogP contribution in [0.2, 0.25) is 0 Å². The quantitative estimate of drug-likeness (QED) is 0.586. The molecule has 0 saturated carbocycles. The molecule has 5 nitrogen and oxygen atoms in total. The molecule has 1 atom stereocenters. The molecule has 0 aliphatic rings. The summed E-state index contributed by atoms with van der Waals surface area (Å²) >= 11 is 0. The molecule has 3 N–H and O–H groups in total. The second-order valence-corrected chi connectivity index (χ2v) is 3.74. The van der Waals surface area contributed by atoms with Gasteiger partial charge in [-0.1, -0.05) is 0 Å². The fourth-order valence-corrected chi connectivity index (χ4v) is 1.69. The first-order valence-corrected chi connectivity index (χ1v) is 5.09. The van der Waals surface area contributed by atoms with Crippen LogP contribution in [-0.4, -0.2) is 14.8 Å². The van der Waals surface area contributed by atoms with E-state index in [2.05, 4.69) is 15.5 Å². The molecule has 2 rings (SSSR count). The van der Waals surface area contributed by atoms with Gasteiger partial charge in [0.05, 0.1) is 11.7 Å². The number of rotatable bonds is 3. The zero-order valence-electron chi connectivity index (χ0n) is 9.38. The van der Waals surface area contributed by atoms with Crippen LogP contribution in [0.4, 0.5) is 0 Å². The Morgan fingerprint density at radius 3 is 2.81 bits per heavy atom. The van der Waals surface area contributed by atoms with Crippen molar-refractivity contribution in [3.8, 4) is 0 Å². The molecule has 2 aromatic rings. The molecule has 0 aliphatic carbocycles. The highest BCUT2D eigenvalue weighted by Crippen LogP contribution is 2.19. The fraction of sp³-hybridized carbons (Fsp3) is 0.273. The summed E-state index contributed by atoms with van der Waals surface area (Å²) in [6.45, 7) is 1.95. The number of hydrogen-bond donors (Lipinski definition) is 2. The SMILES string of the molecule is Cc1cc(C(NN)c2ccn(C)n2)ccn1. The van der Waals surface area contributed by atoms with Gasteiger partial charge in [-0.25, -0.2) is 5.43 Å². The molecule has 2 aromatic heterocycles. The first-order valence-electron chi connectivity index (χ1n) is 5.09. The summed E-state index contributed by atoms with van der Waals surface area (Å²) < 4.78 is 1.76. The number of nitrogens with one attached hydrogen (secondary N) is 1. The molecule has 0 amide bonds.